The van der Waals surface area contributed by atoms with Gasteiger partial charge in [0, 0.05) is 13.1 Å². The van der Waals surface area contributed by atoms with Crippen LogP contribution in [-0.2, 0) is 11.8 Å². The number of carbonyl (C=O) groups is 1. The number of aromatic nitrogens is 2. The molecule has 0 spiro atoms. The molecule has 8 nitrogen and oxygen atoms in total. The van der Waals surface area contributed by atoms with Gasteiger partial charge in [0.15, 0.2) is 11.9 Å². The van der Waals surface area contributed by atoms with E-state index in [1.807, 2.05) is 0 Å². The molecule has 10 heteroatoms. The zero-order chi connectivity index (χ0) is 18.7. The van der Waals surface area contributed by atoms with E-state index in [-0.39, 0.29) is 27.4 Å². The number of oxime groups is 1. The maximum Gasteiger partial charge on any atom is 0.344 e. The third kappa shape index (κ3) is 4.15. The maximum atomic E-state index is 10.9. The molecule has 25 heavy (non-hydrogen) atoms. The molecule has 0 radical (unpaired) electrons. The zero-order valence-corrected chi connectivity index (χ0v) is 15.0. The summed E-state index contributed by atoms with van der Waals surface area (Å²) in [4.78, 5) is 10.9. The summed E-state index contributed by atoms with van der Waals surface area (Å²) in [7, 11) is 1.64. The quantitative estimate of drug-likeness (QED) is 0.446. The van der Waals surface area contributed by atoms with Crippen molar-refractivity contribution in [3.8, 4) is 17.4 Å². The van der Waals surface area contributed by atoms with Crippen LogP contribution in [0.5, 0.6) is 17.4 Å². The topological polar surface area (TPSA) is 106 Å². The number of carboxylic acids is 1. The van der Waals surface area contributed by atoms with Crippen LogP contribution >= 0.6 is 23.2 Å². The van der Waals surface area contributed by atoms with E-state index in [4.69, 9.17) is 43.0 Å². The summed E-state index contributed by atoms with van der Waals surface area (Å²) >= 11 is 12.2. The van der Waals surface area contributed by atoms with Gasteiger partial charge in [-0.25, -0.2) is 9.48 Å². The van der Waals surface area contributed by atoms with Gasteiger partial charge in [0.05, 0.1) is 27.5 Å². The lowest BCUT2D eigenvalue weighted by Gasteiger charge is -2.15. The highest BCUT2D eigenvalue weighted by atomic mass is 35.5. The number of aliphatic carboxylic acids is 1. The van der Waals surface area contributed by atoms with Crippen LogP contribution in [0.15, 0.2) is 17.3 Å². The molecule has 0 aliphatic rings. The summed E-state index contributed by atoms with van der Waals surface area (Å²) in [5, 5.41) is 25.2. The fraction of sp³-hybridized carbons (Fsp3) is 0.267. The van der Waals surface area contributed by atoms with Gasteiger partial charge in [-0.1, -0.05) is 28.4 Å². The molecule has 1 heterocycles. The molecule has 0 bridgehead atoms. The number of nitrogens with zero attached hydrogens (tertiary/aromatic N) is 3. The van der Waals surface area contributed by atoms with Crippen LogP contribution in [0.2, 0.25) is 10.0 Å². The number of carboxylic acid groups (broad SMARTS) is 1. The van der Waals surface area contributed by atoms with E-state index in [9.17, 15) is 4.79 Å². The molecule has 1 aromatic carbocycles. The Morgan fingerprint density at radius 1 is 1.36 bits per heavy atom. The van der Waals surface area contributed by atoms with E-state index in [1.54, 1.807) is 14.0 Å². The van der Waals surface area contributed by atoms with Gasteiger partial charge < -0.3 is 19.8 Å². The number of halogens is 2. The van der Waals surface area contributed by atoms with Crippen LogP contribution in [0.1, 0.15) is 18.2 Å². The molecule has 1 atom stereocenters. The first-order valence-corrected chi connectivity index (χ1v) is 7.77. The van der Waals surface area contributed by atoms with Crippen molar-refractivity contribution < 1.29 is 24.6 Å². The molecule has 0 aliphatic heterocycles. The molecule has 0 amide bonds. The second kappa shape index (κ2) is 7.62. The molecule has 2 rings (SSSR count). The van der Waals surface area contributed by atoms with E-state index < -0.39 is 12.1 Å². The summed E-state index contributed by atoms with van der Waals surface area (Å²) in [6, 6.07) is 2.76. The van der Waals surface area contributed by atoms with Gasteiger partial charge in [-0.05, 0) is 19.9 Å². The number of benzene rings is 1. The van der Waals surface area contributed by atoms with Crippen molar-refractivity contribution in [2.24, 2.45) is 12.2 Å². The fourth-order valence-corrected chi connectivity index (χ4v) is 2.47. The highest BCUT2D eigenvalue weighted by molar-refractivity contribution is 6.36. The highest BCUT2D eigenvalue weighted by Crippen LogP contribution is 2.39. The van der Waals surface area contributed by atoms with Gasteiger partial charge in [0.2, 0.25) is 5.88 Å². The van der Waals surface area contributed by atoms with Crippen LogP contribution < -0.4 is 9.47 Å². The third-order valence-electron chi connectivity index (χ3n) is 3.25. The van der Waals surface area contributed by atoms with Gasteiger partial charge in [-0.2, -0.15) is 5.10 Å². The Labute approximate surface area is 153 Å². The second-order valence-corrected chi connectivity index (χ2v) is 5.90. The Hall–Kier alpha value is -2.45. The predicted octanol–water partition coefficient (Wildman–Crippen LogP) is 3.49. The van der Waals surface area contributed by atoms with E-state index in [0.29, 0.717) is 11.3 Å². The van der Waals surface area contributed by atoms with Crippen LogP contribution in [0, 0.1) is 6.92 Å². The minimum atomic E-state index is -1.14. The highest BCUT2D eigenvalue weighted by Gasteiger charge is 2.20. The SMILES string of the molecule is Cc1nn(C)c(Oc2cc(O[C@@H](C)C(=O)O)c(Cl)cc2Cl)c1C=NO. The van der Waals surface area contributed by atoms with Gasteiger partial charge in [-0.3, -0.25) is 0 Å². The first kappa shape index (κ1) is 18.9. The number of ether oxygens (including phenoxy) is 2. The smallest absolute Gasteiger partial charge is 0.344 e. The van der Waals surface area contributed by atoms with E-state index in [1.165, 1.54) is 30.0 Å². The lowest BCUT2D eigenvalue weighted by atomic mass is 10.2. The minimum Gasteiger partial charge on any atom is -0.479 e. The Bertz CT molecular complexity index is 835. The molecule has 2 N–H and O–H groups in total. The monoisotopic (exact) mass is 387 g/mol. The molecule has 0 saturated carbocycles. The molecule has 0 unspecified atom stereocenters. The number of rotatable bonds is 6. The van der Waals surface area contributed by atoms with Gasteiger partial charge in [0.1, 0.15) is 5.75 Å². The average Bonchev–Trinajstić information content (AvgIpc) is 2.78. The largest absolute Gasteiger partial charge is 0.479 e. The molecular weight excluding hydrogens is 373 g/mol. The Morgan fingerprint density at radius 2 is 2.00 bits per heavy atom. The molecule has 2 aromatic rings. The summed E-state index contributed by atoms with van der Waals surface area (Å²) in [6.07, 6.45) is 0.0772. The van der Waals surface area contributed by atoms with E-state index in [0.717, 1.165) is 0 Å². The Balaban J connectivity index is 2.42. The van der Waals surface area contributed by atoms with Gasteiger partial charge in [0.25, 0.3) is 0 Å². The lowest BCUT2D eigenvalue weighted by Crippen LogP contribution is -2.23. The van der Waals surface area contributed by atoms with Crippen molar-refractivity contribution in [3.63, 3.8) is 0 Å². The molecule has 0 saturated heterocycles. The van der Waals surface area contributed by atoms with Crippen molar-refractivity contribution in [3.05, 3.63) is 33.4 Å². The van der Waals surface area contributed by atoms with Crippen LogP contribution in [0.4, 0.5) is 0 Å². The molecule has 0 fully saturated rings. The fourth-order valence-electron chi connectivity index (χ4n) is 2.00. The molecule has 0 aliphatic carbocycles. The summed E-state index contributed by atoms with van der Waals surface area (Å²) in [5.74, 6) is -0.588. The first-order valence-electron chi connectivity index (χ1n) is 7.02. The van der Waals surface area contributed by atoms with Crippen LogP contribution in [0.3, 0.4) is 0 Å². The van der Waals surface area contributed by atoms with Crippen molar-refractivity contribution in [1.29, 1.82) is 0 Å². The van der Waals surface area contributed by atoms with Crippen LogP contribution in [-0.4, -0.2) is 38.4 Å². The number of hydrogen-bond acceptors (Lipinski definition) is 6. The molecule has 1 aromatic heterocycles. The Morgan fingerprint density at radius 3 is 2.60 bits per heavy atom. The van der Waals surface area contributed by atoms with Crippen molar-refractivity contribution in [2.45, 2.75) is 20.0 Å². The van der Waals surface area contributed by atoms with Gasteiger partial charge >= 0.3 is 5.97 Å². The normalized spacial score (nSPS) is 12.4. The van der Waals surface area contributed by atoms with Crippen LogP contribution in [0.25, 0.3) is 0 Å². The zero-order valence-electron chi connectivity index (χ0n) is 13.5. The molecular formula is C15H15Cl2N3O5. The summed E-state index contributed by atoms with van der Waals surface area (Å²) in [6.45, 7) is 3.09. The number of aryl methyl sites for hydroxylation is 2. The average molecular weight is 388 g/mol. The van der Waals surface area contributed by atoms with Crippen molar-refractivity contribution in [1.82, 2.24) is 9.78 Å². The first-order chi connectivity index (χ1) is 11.7. The maximum absolute atomic E-state index is 10.9. The van der Waals surface area contributed by atoms with Crippen molar-refractivity contribution in [2.75, 3.05) is 0 Å². The standard InChI is InChI=1S/C15H15Cl2N3O5/c1-7-9(6-18-23)14(20(3)19-7)25-13-5-12(10(16)4-11(13)17)24-8(2)15(21)22/h4-6,8,23H,1-3H3,(H,21,22)/t8-/m0/s1. The lowest BCUT2D eigenvalue weighted by molar-refractivity contribution is -0.144. The summed E-state index contributed by atoms with van der Waals surface area (Å²) in [5.41, 5.74) is 1.04. The van der Waals surface area contributed by atoms with E-state index in [2.05, 4.69) is 10.3 Å². The molecule has 134 valence electrons. The van der Waals surface area contributed by atoms with E-state index >= 15 is 0 Å². The van der Waals surface area contributed by atoms with Gasteiger partial charge in [-0.15, -0.1) is 0 Å². The Kier molecular flexibility index (Phi) is 5.76. The second-order valence-electron chi connectivity index (χ2n) is 5.09. The third-order valence-corrected chi connectivity index (χ3v) is 3.84. The predicted molar refractivity (Wildman–Crippen MR) is 91.6 cm³/mol. The van der Waals surface area contributed by atoms with Crippen molar-refractivity contribution >= 4 is 35.4 Å². The number of hydrogen-bond donors (Lipinski definition) is 2. The summed E-state index contributed by atoms with van der Waals surface area (Å²) < 4.78 is 12.5. The minimum absolute atomic E-state index is 0.104.